The molecule has 3 aliphatic heterocycles. The second-order valence-electron chi connectivity index (χ2n) is 28.5. The van der Waals surface area contributed by atoms with E-state index >= 15 is 0 Å². The third-order valence-electron chi connectivity index (χ3n) is 19.7. The normalized spacial score (nSPS) is 26.8. The van der Waals surface area contributed by atoms with Crippen LogP contribution in [0.25, 0.3) is 0 Å². The molecule has 0 aliphatic carbocycles. The average Bonchev–Trinajstić information content (AvgIpc) is 0.782. The van der Waals surface area contributed by atoms with E-state index in [0.717, 1.165) is 70.6 Å². The number of aliphatic hydroxyl groups excluding tert-OH is 11. The summed E-state index contributed by atoms with van der Waals surface area (Å²) in [6.07, 6.45) is 56.1. The zero-order chi connectivity index (χ0) is 73.2. The van der Waals surface area contributed by atoms with Crippen LogP contribution in [0.3, 0.4) is 0 Å². The van der Waals surface area contributed by atoms with Gasteiger partial charge in [0.1, 0.15) is 73.2 Å². The number of rotatable bonds is 63. The molecule has 101 heavy (non-hydrogen) atoms. The highest BCUT2D eigenvalue weighted by molar-refractivity contribution is 5.76. The first-order valence-corrected chi connectivity index (χ1v) is 40.3. The number of hydrogen-bond donors (Lipinski definition) is 12. The Bertz CT molecular complexity index is 2150. The first-order chi connectivity index (χ1) is 49.3. The molecule has 0 aromatic carbocycles. The predicted molar refractivity (Wildman–Crippen MR) is 401 cm³/mol. The SMILES string of the molecule is CC/C=C\C/C=C\C/C=C\C/C=C\CCCCCCCCCCCCCCCCCCCCCCCCCCCCCCC(=O)NC(COC1OC(CO)C(OC2OC(CO)C(OC3OC(CO)C(O)C(O)C3O)C(O)C2O)C(O)C1O)C(O)/C=C/CC/C=C/CC/C=C/CCCCCCC. The lowest BCUT2D eigenvalue weighted by Gasteiger charge is -2.48. The highest BCUT2D eigenvalue weighted by Gasteiger charge is 2.54. The lowest BCUT2D eigenvalue weighted by atomic mass is 9.96. The second-order valence-corrected chi connectivity index (χ2v) is 28.5. The Labute approximate surface area is 610 Å². The van der Waals surface area contributed by atoms with Crippen LogP contribution in [0.1, 0.15) is 296 Å². The van der Waals surface area contributed by atoms with Gasteiger partial charge in [-0.2, -0.15) is 0 Å². The van der Waals surface area contributed by atoms with Crippen molar-refractivity contribution < 1.29 is 89.4 Å². The third-order valence-corrected chi connectivity index (χ3v) is 19.7. The summed E-state index contributed by atoms with van der Waals surface area (Å²) in [4.78, 5) is 13.4. The number of ether oxygens (including phenoxy) is 6. The Kier molecular flexibility index (Phi) is 56.6. The molecule has 0 radical (unpaired) electrons. The summed E-state index contributed by atoms with van der Waals surface area (Å²) in [7, 11) is 0. The summed E-state index contributed by atoms with van der Waals surface area (Å²) in [5.41, 5.74) is 0. The van der Waals surface area contributed by atoms with Crippen LogP contribution in [0.2, 0.25) is 0 Å². The molecule has 19 heteroatoms. The van der Waals surface area contributed by atoms with Crippen molar-refractivity contribution in [1.82, 2.24) is 5.32 Å². The maximum atomic E-state index is 13.4. The molecule has 3 heterocycles. The van der Waals surface area contributed by atoms with E-state index in [-0.39, 0.29) is 18.9 Å². The summed E-state index contributed by atoms with van der Waals surface area (Å²) in [6.45, 7) is 1.59. The molecular weight excluding hydrogens is 1290 g/mol. The van der Waals surface area contributed by atoms with E-state index in [1.54, 1.807) is 6.08 Å². The Balaban J connectivity index is 1.28. The van der Waals surface area contributed by atoms with Gasteiger partial charge in [-0.05, 0) is 83.5 Å². The summed E-state index contributed by atoms with van der Waals surface area (Å²) in [6, 6.07) is -0.998. The summed E-state index contributed by atoms with van der Waals surface area (Å²) in [5.74, 6) is -0.287. The van der Waals surface area contributed by atoms with Crippen molar-refractivity contribution in [2.45, 2.75) is 401 Å². The lowest BCUT2D eigenvalue weighted by Crippen LogP contribution is -2.66. The molecule has 0 aromatic heterocycles. The van der Waals surface area contributed by atoms with Crippen LogP contribution in [0.4, 0.5) is 0 Å². The van der Waals surface area contributed by atoms with Crippen molar-refractivity contribution in [1.29, 1.82) is 0 Å². The van der Waals surface area contributed by atoms with Gasteiger partial charge >= 0.3 is 0 Å². The highest BCUT2D eigenvalue weighted by Crippen LogP contribution is 2.33. The molecule has 3 saturated heterocycles. The van der Waals surface area contributed by atoms with Crippen LogP contribution >= 0.6 is 0 Å². The van der Waals surface area contributed by atoms with Crippen LogP contribution in [0.15, 0.2) is 85.1 Å². The summed E-state index contributed by atoms with van der Waals surface area (Å²) < 4.78 is 34.4. The van der Waals surface area contributed by atoms with Crippen molar-refractivity contribution in [3.8, 4) is 0 Å². The molecule has 1 amide bonds. The number of amides is 1. The van der Waals surface area contributed by atoms with E-state index < -0.39 is 124 Å². The van der Waals surface area contributed by atoms with Crippen molar-refractivity contribution in [3.05, 3.63) is 85.1 Å². The molecule has 3 aliphatic rings. The standard InChI is InChI=1S/C82H145NO18/c1-3-5-7-9-11-13-15-17-19-20-21-22-23-24-25-26-27-28-29-30-31-32-33-34-35-36-37-38-39-40-41-42-43-44-46-48-50-52-54-56-58-60-70(88)83-65(66(87)59-57-55-53-51-49-47-45-18-16-14-12-10-8-6-4-2)64-96-80-76(94)73(91)78(68(62-85)98-80)101-82-77(95)74(92)79(69(63-86)99-82)100-81-75(93)72(90)71(89)67(61-84)97-81/h5,7,11,13,16-19,21-22,49,51,57,59,65-69,71-82,84-87,89-95H,3-4,6,8-10,12,14-15,20,23-48,50,52-56,58,60-64H2,1-2H3,(H,83,88)/b7-5-,13-11-,18-16+,19-17-,22-21-,51-49+,59-57+. The van der Waals surface area contributed by atoms with Crippen LogP contribution in [-0.4, -0.2) is 193 Å². The fourth-order valence-corrected chi connectivity index (χ4v) is 13.2. The number of allylic oxidation sites excluding steroid dienone is 13. The van der Waals surface area contributed by atoms with Gasteiger partial charge in [-0.1, -0.05) is 292 Å². The molecule has 586 valence electrons. The number of unbranched alkanes of at least 4 members (excludes halogenated alkanes) is 35. The summed E-state index contributed by atoms with van der Waals surface area (Å²) >= 11 is 0. The van der Waals surface area contributed by atoms with Crippen LogP contribution < -0.4 is 5.32 Å². The van der Waals surface area contributed by atoms with Crippen LogP contribution in [-0.2, 0) is 33.2 Å². The quantitative estimate of drug-likeness (QED) is 0.0199. The molecule has 19 nitrogen and oxygen atoms in total. The molecule has 0 spiro atoms. The predicted octanol–water partition coefficient (Wildman–Crippen LogP) is 13.4. The average molecular weight is 1430 g/mol. The van der Waals surface area contributed by atoms with E-state index in [4.69, 9.17) is 28.4 Å². The van der Waals surface area contributed by atoms with Gasteiger partial charge in [0.05, 0.1) is 38.6 Å². The van der Waals surface area contributed by atoms with Crippen LogP contribution in [0.5, 0.6) is 0 Å². The first kappa shape index (κ1) is 92.2. The van der Waals surface area contributed by atoms with Gasteiger partial charge < -0.3 is 89.9 Å². The maximum Gasteiger partial charge on any atom is 0.220 e. The topological polar surface area (TPSA) is 307 Å². The number of nitrogens with one attached hydrogen (secondary N) is 1. The van der Waals surface area contributed by atoms with E-state index in [9.17, 15) is 61.0 Å². The minimum Gasteiger partial charge on any atom is -0.394 e. The Morgan fingerprint density at radius 3 is 1.11 bits per heavy atom. The highest BCUT2D eigenvalue weighted by atomic mass is 16.8. The van der Waals surface area contributed by atoms with Crippen molar-refractivity contribution in [3.63, 3.8) is 0 Å². The number of carbonyl (C=O) groups excluding carboxylic acids is 1. The monoisotopic (exact) mass is 1430 g/mol. The molecule has 0 bridgehead atoms. The molecular formula is C82H145NO18. The van der Waals surface area contributed by atoms with E-state index in [1.807, 2.05) is 6.08 Å². The van der Waals surface area contributed by atoms with Crippen molar-refractivity contribution in [2.75, 3.05) is 26.4 Å². The minimum absolute atomic E-state index is 0.233. The lowest BCUT2D eigenvalue weighted by molar-refractivity contribution is -0.379. The minimum atomic E-state index is -1.98. The molecule has 0 aromatic rings. The molecule has 17 atom stereocenters. The number of carbonyl (C=O) groups is 1. The van der Waals surface area contributed by atoms with E-state index in [2.05, 4.69) is 92.1 Å². The Morgan fingerprint density at radius 1 is 0.366 bits per heavy atom. The first-order valence-electron chi connectivity index (χ1n) is 40.3. The van der Waals surface area contributed by atoms with Gasteiger partial charge in [0, 0.05) is 6.42 Å². The van der Waals surface area contributed by atoms with Gasteiger partial charge in [0.25, 0.3) is 0 Å². The molecule has 3 fully saturated rings. The zero-order valence-corrected chi connectivity index (χ0v) is 62.6. The largest absolute Gasteiger partial charge is 0.394 e. The number of aliphatic hydroxyl groups is 11. The van der Waals surface area contributed by atoms with E-state index in [0.29, 0.717) is 12.8 Å². The fourth-order valence-electron chi connectivity index (χ4n) is 13.2. The van der Waals surface area contributed by atoms with Crippen molar-refractivity contribution >= 4 is 5.91 Å². The number of hydrogen-bond acceptors (Lipinski definition) is 18. The van der Waals surface area contributed by atoms with Gasteiger partial charge in [-0.3, -0.25) is 4.79 Å². The Morgan fingerprint density at radius 2 is 0.693 bits per heavy atom. The molecule has 3 rings (SSSR count). The van der Waals surface area contributed by atoms with Crippen LogP contribution in [0, 0.1) is 0 Å². The van der Waals surface area contributed by atoms with Gasteiger partial charge in [-0.25, -0.2) is 0 Å². The maximum absolute atomic E-state index is 13.4. The smallest absolute Gasteiger partial charge is 0.220 e. The van der Waals surface area contributed by atoms with Gasteiger partial charge in [-0.15, -0.1) is 0 Å². The molecule has 12 N–H and O–H groups in total. The van der Waals surface area contributed by atoms with E-state index in [1.165, 1.54) is 193 Å². The zero-order valence-electron chi connectivity index (χ0n) is 62.6. The molecule has 0 saturated carbocycles. The van der Waals surface area contributed by atoms with Crippen molar-refractivity contribution in [2.24, 2.45) is 0 Å². The third kappa shape index (κ3) is 42.2. The second kappa shape index (κ2) is 62.1. The van der Waals surface area contributed by atoms with Gasteiger partial charge in [0.2, 0.25) is 5.91 Å². The fraction of sp³-hybridized carbons (Fsp3) is 0.817. The van der Waals surface area contributed by atoms with Gasteiger partial charge in [0.15, 0.2) is 18.9 Å². The Hall–Kier alpha value is -3.03. The summed E-state index contributed by atoms with van der Waals surface area (Å²) in [5, 5.41) is 121. The molecule has 17 unspecified atom stereocenters.